The van der Waals surface area contributed by atoms with E-state index in [0.29, 0.717) is 13.1 Å². The zero-order valence-corrected chi connectivity index (χ0v) is 12.8. The number of nitrogens with zero attached hydrogens (tertiary/aromatic N) is 1. The highest BCUT2D eigenvalue weighted by Crippen LogP contribution is 2.25. The normalized spacial score (nSPS) is 22.3. The molecule has 2 N–H and O–H groups in total. The fourth-order valence-corrected chi connectivity index (χ4v) is 2.62. The number of benzene rings is 1. The molecule has 1 aromatic rings. The van der Waals surface area contributed by atoms with Crippen LogP contribution < -0.4 is 5.73 Å². The third kappa shape index (κ3) is 2.99. The van der Waals surface area contributed by atoms with Gasteiger partial charge in [-0.1, -0.05) is 28.1 Å². The highest BCUT2D eigenvalue weighted by molar-refractivity contribution is 9.10. The second-order valence-corrected chi connectivity index (χ2v) is 6.02. The SMILES string of the molecule is CO[C@H]1CCN(C(=O)C(C)(N)c2ccc(Br)cc2)C1. The van der Waals surface area contributed by atoms with Gasteiger partial charge >= 0.3 is 0 Å². The van der Waals surface area contributed by atoms with Gasteiger partial charge < -0.3 is 15.4 Å². The smallest absolute Gasteiger partial charge is 0.247 e. The van der Waals surface area contributed by atoms with Crippen LogP contribution in [-0.4, -0.2) is 37.1 Å². The summed E-state index contributed by atoms with van der Waals surface area (Å²) in [6, 6.07) is 7.56. The van der Waals surface area contributed by atoms with Crippen molar-refractivity contribution in [1.82, 2.24) is 4.90 Å². The predicted molar refractivity (Wildman–Crippen MR) is 77.7 cm³/mol. The van der Waals surface area contributed by atoms with Crippen LogP contribution in [0, 0.1) is 0 Å². The fraction of sp³-hybridized carbons (Fsp3) is 0.500. The topological polar surface area (TPSA) is 55.6 Å². The van der Waals surface area contributed by atoms with E-state index >= 15 is 0 Å². The Hall–Kier alpha value is -0.910. The number of amides is 1. The minimum absolute atomic E-state index is 0.0469. The lowest BCUT2D eigenvalue weighted by Gasteiger charge is -2.29. The molecule has 1 heterocycles. The molecular weight excluding hydrogens is 308 g/mol. The van der Waals surface area contributed by atoms with Crippen molar-refractivity contribution < 1.29 is 9.53 Å². The third-order valence-electron chi connectivity index (χ3n) is 3.65. The lowest BCUT2D eigenvalue weighted by Crippen LogP contribution is -2.50. The van der Waals surface area contributed by atoms with Gasteiger partial charge in [-0.05, 0) is 31.0 Å². The van der Waals surface area contributed by atoms with Crippen LogP contribution in [0.2, 0.25) is 0 Å². The van der Waals surface area contributed by atoms with E-state index in [1.54, 1.807) is 18.9 Å². The van der Waals surface area contributed by atoms with E-state index in [9.17, 15) is 4.79 Å². The van der Waals surface area contributed by atoms with E-state index in [1.807, 2.05) is 24.3 Å². The Morgan fingerprint density at radius 3 is 2.63 bits per heavy atom. The molecule has 1 aliphatic rings. The monoisotopic (exact) mass is 326 g/mol. The number of nitrogens with two attached hydrogens (primary N) is 1. The van der Waals surface area contributed by atoms with Crippen LogP contribution in [0.1, 0.15) is 18.9 Å². The Morgan fingerprint density at radius 2 is 2.11 bits per heavy atom. The van der Waals surface area contributed by atoms with Gasteiger partial charge in [0.15, 0.2) is 0 Å². The minimum atomic E-state index is -0.997. The number of likely N-dealkylation sites (tertiary alicyclic amines) is 1. The van der Waals surface area contributed by atoms with E-state index in [1.165, 1.54) is 0 Å². The van der Waals surface area contributed by atoms with Crippen LogP contribution in [-0.2, 0) is 15.1 Å². The second kappa shape index (κ2) is 5.61. The third-order valence-corrected chi connectivity index (χ3v) is 4.18. The summed E-state index contributed by atoms with van der Waals surface area (Å²) in [5.74, 6) is -0.0469. The number of rotatable bonds is 3. The maximum atomic E-state index is 12.5. The highest BCUT2D eigenvalue weighted by Gasteiger charge is 2.37. The maximum absolute atomic E-state index is 12.5. The van der Waals surface area contributed by atoms with Crippen molar-refractivity contribution in [2.45, 2.75) is 25.0 Å². The average molecular weight is 327 g/mol. The van der Waals surface area contributed by atoms with Crippen molar-refractivity contribution in [2.75, 3.05) is 20.2 Å². The van der Waals surface area contributed by atoms with Crippen molar-refractivity contribution in [3.63, 3.8) is 0 Å². The van der Waals surface area contributed by atoms with E-state index in [-0.39, 0.29) is 12.0 Å². The van der Waals surface area contributed by atoms with Gasteiger partial charge in [0.2, 0.25) is 5.91 Å². The lowest BCUT2D eigenvalue weighted by molar-refractivity contribution is -0.136. The van der Waals surface area contributed by atoms with E-state index in [2.05, 4.69) is 15.9 Å². The quantitative estimate of drug-likeness (QED) is 0.922. The molecule has 0 aromatic heterocycles. The van der Waals surface area contributed by atoms with Gasteiger partial charge in [-0.3, -0.25) is 4.79 Å². The van der Waals surface area contributed by atoms with Crippen molar-refractivity contribution in [1.29, 1.82) is 0 Å². The summed E-state index contributed by atoms with van der Waals surface area (Å²) in [5, 5.41) is 0. The van der Waals surface area contributed by atoms with Gasteiger partial charge in [0, 0.05) is 24.7 Å². The lowest BCUT2D eigenvalue weighted by atomic mass is 9.92. The molecule has 1 fully saturated rings. The summed E-state index contributed by atoms with van der Waals surface area (Å²) in [6.07, 6.45) is 1.00. The number of methoxy groups -OCH3 is 1. The Bertz CT molecular complexity index is 459. The summed E-state index contributed by atoms with van der Waals surface area (Å²) in [6.45, 7) is 3.10. The molecule has 104 valence electrons. The first-order valence-electron chi connectivity index (χ1n) is 6.32. The molecule has 0 spiro atoms. The standard InChI is InChI=1S/C14H19BrN2O2/c1-14(16,10-3-5-11(15)6-4-10)13(18)17-8-7-12(9-17)19-2/h3-6,12H,7-9,16H2,1-2H3/t12-,14?/m0/s1. The Kier molecular flexibility index (Phi) is 4.28. The summed E-state index contributed by atoms with van der Waals surface area (Å²) in [4.78, 5) is 14.3. The minimum Gasteiger partial charge on any atom is -0.380 e. The van der Waals surface area contributed by atoms with Gasteiger partial charge in [-0.15, -0.1) is 0 Å². The molecule has 2 atom stereocenters. The summed E-state index contributed by atoms with van der Waals surface area (Å²) < 4.78 is 6.26. The van der Waals surface area contributed by atoms with Crippen LogP contribution in [0.4, 0.5) is 0 Å². The number of hydrogen-bond donors (Lipinski definition) is 1. The molecular formula is C14H19BrN2O2. The van der Waals surface area contributed by atoms with Gasteiger partial charge in [-0.2, -0.15) is 0 Å². The molecule has 0 bridgehead atoms. The zero-order chi connectivity index (χ0) is 14.0. The molecule has 0 radical (unpaired) electrons. The van der Waals surface area contributed by atoms with Gasteiger partial charge in [0.1, 0.15) is 5.54 Å². The molecule has 0 saturated carbocycles. The largest absolute Gasteiger partial charge is 0.380 e. The molecule has 5 heteroatoms. The molecule has 4 nitrogen and oxygen atoms in total. The molecule has 1 aromatic carbocycles. The van der Waals surface area contributed by atoms with Gasteiger partial charge in [-0.25, -0.2) is 0 Å². The molecule has 1 unspecified atom stereocenters. The van der Waals surface area contributed by atoms with E-state index in [4.69, 9.17) is 10.5 Å². The number of ether oxygens (including phenoxy) is 1. The van der Waals surface area contributed by atoms with Crippen LogP contribution in [0.25, 0.3) is 0 Å². The number of carbonyl (C=O) groups is 1. The Labute approximate surface area is 122 Å². The van der Waals surface area contributed by atoms with Crippen LogP contribution in [0.15, 0.2) is 28.7 Å². The first-order valence-corrected chi connectivity index (χ1v) is 7.11. The summed E-state index contributed by atoms with van der Waals surface area (Å²) >= 11 is 3.38. The number of hydrogen-bond acceptors (Lipinski definition) is 3. The Balaban J connectivity index is 2.15. The number of halogens is 1. The summed E-state index contributed by atoms with van der Waals surface area (Å²) in [7, 11) is 1.68. The van der Waals surface area contributed by atoms with Gasteiger partial charge in [0.05, 0.1) is 6.10 Å². The van der Waals surface area contributed by atoms with E-state index < -0.39 is 5.54 Å². The second-order valence-electron chi connectivity index (χ2n) is 5.11. The average Bonchev–Trinajstić information content (AvgIpc) is 2.87. The molecule has 1 amide bonds. The zero-order valence-electron chi connectivity index (χ0n) is 11.2. The van der Waals surface area contributed by atoms with Crippen molar-refractivity contribution >= 4 is 21.8 Å². The van der Waals surface area contributed by atoms with Crippen molar-refractivity contribution in [3.8, 4) is 0 Å². The molecule has 2 rings (SSSR count). The predicted octanol–water partition coefficient (Wildman–Crippen LogP) is 1.87. The molecule has 0 aliphatic carbocycles. The van der Waals surface area contributed by atoms with E-state index in [0.717, 1.165) is 16.5 Å². The van der Waals surface area contributed by atoms with Crippen LogP contribution >= 0.6 is 15.9 Å². The molecule has 1 aliphatic heterocycles. The van der Waals surface area contributed by atoms with Crippen molar-refractivity contribution in [3.05, 3.63) is 34.3 Å². The van der Waals surface area contributed by atoms with Crippen LogP contribution in [0.3, 0.4) is 0 Å². The van der Waals surface area contributed by atoms with Crippen molar-refractivity contribution in [2.24, 2.45) is 5.73 Å². The fourth-order valence-electron chi connectivity index (χ4n) is 2.35. The summed E-state index contributed by atoms with van der Waals surface area (Å²) in [5.41, 5.74) is 6.08. The first-order chi connectivity index (χ1) is 8.95. The number of carbonyl (C=O) groups excluding carboxylic acids is 1. The van der Waals surface area contributed by atoms with Gasteiger partial charge in [0.25, 0.3) is 0 Å². The highest BCUT2D eigenvalue weighted by atomic mass is 79.9. The van der Waals surface area contributed by atoms with Crippen LogP contribution in [0.5, 0.6) is 0 Å². The molecule has 19 heavy (non-hydrogen) atoms. The first kappa shape index (κ1) is 14.5. The maximum Gasteiger partial charge on any atom is 0.247 e. The molecule has 1 saturated heterocycles. The Morgan fingerprint density at radius 1 is 1.47 bits per heavy atom.